The number of aromatic nitrogens is 2. The summed E-state index contributed by atoms with van der Waals surface area (Å²) in [5, 5.41) is 13.0. The minimum Gasteiger partial charge on any atom is -0.406 e. The molecule has 0 aliphatic heterocycles. The van der Waals surface area contributed by atoms with Crippen LogP contribution < -0.4 is 16.4 Å². The molecule has 84 valence electrons. The molecule has 0 aliphatic rings. The van der Waals surface area contributed by atoms with Crippen LogP contribution in [0.1, 0.15) is 25.8 Å². The lowest BCUT2D eigenvalue weighted by atomic mass is 10.4. The van der Waals surface area contributed by atoms with Crippen LogP contribution >= 0.6 is 0 Å². The maximum atomic E-state index is 10.5. The minimum absolute atomic E-state index is 0.0707. The highest BCUT2D eigenvalue weighted by Crippen LogP contribution is 2.10. The van der Waals surface area contributed by atoms with Gasteiger partial charge in [-0.25, -0.2) is 0 Å². The lowest BCUT2D eigenvalue weighted by Crippen LogP contribution is -2.26. The molecule has 0 fully saturated rings. The normalized spacial score (nSPS) is 12.2. The van der Waals surface area contributed by atoms with Gasteiger partial charge in [0.25, 0.3) is 0 Å². The number of nitrogens with zero attached hydrogens (tertiary/aromatic N) is 2. The highest BCUT2D eigenvalue weighted by atomic mass is 16.4. The Morgan fingerprint density at radius 2 is 2.27 bits per heavy atom. The Morgan fingerprint density at radius 1 is 1.53 bits per heavy atom. The number of hydrogen-bond donors (Lipinski definition) is 3. The van der Waals surface area contributed by atoms with Crippen molar-refractivity contribution in [2.45, 2.75) is 19.9 Å². The number of nitrogens with two attached hydrogens (primary N) is 1. The summed E-state index contributed by atoms with van der Waals surface area (Å²) in [4.78, 5) is 10.5. The number of carbonyl (C=O) groups is 1. The van der Waals surface area contributed by atoms with Gasteiger partial charge in [0.2, 0.25) is 11.8 Å². The Balaban J connectivity index is 2.28. The molecule has 0 radical (unpaired) electrons. The zero-order valence-electron chi connectivity index (χ0n) is 8.78. The lowest BCUT2D eigenvalue weighted by Gasteiger charge is -2.01. The van der Waals surface area contributed by atoms with Crippen LogP contribution in [-0.4, -0.2) is 29.2 Å². The first-order valence-corrected chi connectivity index (χ1v) is 4.67. The van der Waals surface area contributed by atoms with Crippen LogP contribution in [0.25, 0.3) is 0 Å². The molecular formula is C8H15N5O2. The third-order valence-electron chi connectivity index (χ3n) is 1.61. The van der Waals surface area contributed by atoms with Gasteiger partial charge in [0.05, 0.1) is 6.04 Å². The number of carbonyl (C=O) groups excluding carboxylic acids is 1. The lowest BCUT2D eigenvalue weighted by molar-refractivity contribution is -0.118. The third kappa shape index (κ3) is 3.94. The molecule has 0 spiro atoms. The van der Waals surface area contributed by atoms with Gasteiger partial charge < -0.3 is 20.8 Å². The molecule has 1 unspecified atom stereocenters. The highest BCUT2D eigenvalue weighted by Gasteiger charge is 2.08. The van der Waals surface area contributed by atoms with E-state index in [1.54, 1.807) is 6.92 Å². The van der Waals surface area contributed by atoms with Gasteiger partial charge in [0, 0.05) is 20.0 Å². The van der Waals surface area contributed by atoms with Crippen LogP contribution in [0.3, 0.4) is 0 Å². The van der Waals surface area contributed by atoms with Crippen molar-refractivity contribution in [2.24, 2.45) is 5.73 Å². The second kappa shape index (κ2) is 5.30. The van der Waals surface area contributed by atoms with E-state index in [1.165, 1.54) is 6.92 Å². The Kier molecular flexibility index (Phi) is 4.04. The van der Waals surface area contributed by atoms with Crippen LogP contribution in [-0.2, 0) is 4.79 Å². The zero-order valence-corrected chi connectivity index (χ0v) is 8.78. The third-order valence-corrected chi connectivity index (χ3v) is 1.61. The van der Waals surface area contributed by atoms with Gasteiger partial charge >= 0.3 is 6.01 Å². The summed E-state index contributed by atoms with van der Waals surface area (Å²) in [6, 6.07) is 0.0380. The second-order valence-electron chi connectivity index (χ2n) is 3.14. The van der Waals surface area contributed by atoms with E-state index in [2.05, 4.69) is 20.8 Å². The number of amides is 1. The SMILES string of the molecule is CC(=O)NCCNc1nnc(C(C)N)o1. The Hall–Kier alpha value is -1.63. The van der Waals surface area contributed by atoms with E-state index in [0.29, 0.717) is 25.0 Å². The molecule has 0 bridgehead atoms. The summed E-state index contributed by atoms with van der Waals surface area (Å²) in [7, 11) is 0. The van der Waals surface area contributed by atoms with Crippen LogP contribution in [0.2, 0.25) is 0 Å². The van der Waals surface area contributed by atoms with Crippen LogP contribution in [0.4, 0.5) is 6.01 Å². The molecule has 7 heteroatoms. The fourth-order valence-corrected chi connectivity index (χ4v) is 0.898. The van der Waals surface area contributed by atoms with E-state index < -0.39 is 0 Å². The van der Waals surface area contributed by atoms with Crippen molar-refractivity contribution >= 4 is 11.9 Å². The first-order chi connectivity index (χ1) is 7.09. The van der Waals surface area contributed by atoms with Gasteiger partial charge in [-0.05, 0) is 6.92 Å². The van der Waals surface area contributed by atoms with Crippen LogP contribution in [0.15, 0.2) is 4.42 Å². The Labute approximate surface area is 87.4 Å². The average molecular weight is 213 g/mol. The van der Waals surface area contributed by atoms with Crippen LogP contribution in [0, 0.1) is 0 Å². The largest absolute Gasteiger partial charge is 0.406 e. The number of rotatable bonds is 5. The molecule has 1 aromatic heterocycles. The molecule has 15 heavy (non-hydrogen) atoms. The molecule has 1 atom stereocenters. The molecule has 4 N–H and O–H groups in total. The average Bonchev–Trinajstić information content (AvgIpc) is 2.60. The maximum Gasteiger partial charge on any atom is 0.315 e. The highest BCUT2D eigenvalue weighted by molar-refractivity contribution is 5.72. The van der Waals surface area contributed by atoms with Crippen LogP contribution in [0.5, 0.6) is 0 Å². The number of anilines is 1. The molecule has 7 nitrogen and oxygen atoms in total. The molecule has 1 heterocycles. The van der Waals surface area contributed by atoms with E-state index in [0.717, 1.165) is 0 Å². The van der Waals surface area contributed by atoms with Gasteiger partial charge in [0.1, 0.15) is 0 Å². The summed E-state index contributed by atoms with van der Waals surface area (Å²) in [6.07, 6.45) is 0. The van der Waals surface area contributed by atoms with E-state index in [4.69, 9.17) is 10.2 Å². The molecule has 0 aromatic carbocycles. The quantitative estimate of drug-likeness (QED) is 0.576. The smallest absolute Gasteiger partial charge is 0.315 e. The van der Waals surface area contributed by atoms with Crippen molar-refractivity contribution in [2.75, 3.05) is 18.4 Å². The van der Waals surface area contributed by atoms with Crippen molar-refractivity contribution in [1.29, 1.82) is 0 Å². The van der Waals surface area contributed by atoms with Crippen molar-refractivity contribution in [3.05, 3.63) is 5.89 Å². The Morgan fingerprint density at radius 3 is 2.80 bits per heavy atom. The van der Waals surface area contributed by atoms with Gasteiger partial charge in [-0.2, -0.15) is 0 Å². The molecule has 0 aliphatic carbocycles. The summed E-state index contributed by atoms with van der Waals surface area (Å²) < 4.78 is 5.18. The van der Waals surface area contributed by atoms with E-state index in [-0.39, 0.29) is 11.9 Å². The molecule has 1 aromatic rings. The minimum atomic E-state index is -0.275. The summed E-state index contributed by atoms with van der Waals surface area (Å²) >= 11 is 0. The first kappa shape index (κ1) is 11.4. The molecule has 1 rings (SSSR count). The van der Waals surface area contributed by atoms with Crippen molar-refractivity contribution in [3.8, 4) is 0 Å². The molecule has 0 saturated carbocycles. The maximum absolute atomic E-state index is 10.5. The zero-order chi connectivity index (χ0) is 11.3. The first-order valence-electron chi connectivity index (χ1n) is 4.67. The summed E-state index contributed by atoms with van der Waals surface area (Å²) in [5.74, 6) is 0.315. The van der Waals surface area contributed by atoms with E-state index >= 15 is 0 Å². The van der Waals surface area contributed by atoms with Gasteiger partial charge in [-0.3, -0.25) is 4.79 Å². The Bertz CT molecular complexity index is 323. The fraction of sp³-hybridized carbons (Fsp3) is 0.625. The topological polar surface area (TPSA) is 106 Å². The molecule has 1 amide bonds. The predicted molar refractivity (Wildman–Crippen MR) is 54.1 cm³/mol. The number of nitrogens with one attached hydrogen (secondary N) is 2. The number of hydrogen-bond acceptors (Lipinski definition) is 6. The second-order valence-corrected chi connectivity index (χ2v) is 3.14. The van der Waals surface area contributed by atoms with Crippen molar-refractivity contribution in [3.63, 3.8) is 0 Å². The summed E-state index contributed by atoms with van der Waals surface area (Å²) in [5.41, 5.74) is 5.54. The van der Waals surface area contributed by atoms with Gasteiger partial charge in [0.15, 0.2) is 0 Å². The van der Waals surface area contributed by atoms with E-state index in [9.17, 15) is 4.79 Å². The van der Waals surface area contributed by atoms with E-state index in [1.807, 2.05) is 0 Å². The fourth-order valence-electron chi connectivity index (χ4n) is 0.898. The molecule has 0 saturated heterocycles. The van der Waals surface area contributed by atoms with Crippen molar-refractivity contribution in [1.82, 2.24) is 15.5 Å². The predicted octanol–water partition coefficient (Wildman–Crippen LogP) is -0.363. The van der Waals surface area contributed by atoms with Gasteiger partial charge in [-0.1, -0.05) is 5.10 Å². The monoisotopic (exact) mass is 213 g/mol. The summed E-state index contributed by atoms with van der Waals surface area (Å²) in [6.45, 7) is 4.25. The van der Waals surface area contributed by atoms with Crippen molar-refractivity contribution < 1.29 is 9.21 Å². The molecular weight excluding hydrogens is 198 g/mol. The van der Waals surface area contributed by atoms with Gasteiger partial charge in [-0.15, -0.1) is 5.10 Å². The standard InChI is InChI=1S/C8H15N5O2/c1-5(9)7-12-13-8(15-7)11-4-3-10-6(2)14/h5H,3-4,9H2,1-2H3,(H,10,14)(H,11,13).